The number of hydrogen-bond acceptors (Lipinski definition) is 0. The van der Waals surface area contributed by atoms with E-state index in [2.05, 4.69) is 39.8 Å². The summed E-state index contributed by atoms with van der Waals surface area (Å²) in [5, 5.41) is 0. The van der Waals surface area contributed by atoms with Crippen LogP contribution >= 0.6 is 0 Å². The monoisotopic (exact) mass is 176 g/mol. The Morgan fingerprint density at radius 3 is 2.38 bits per heavy atom. The molecule has 0 heterocycles. The van der Waals surface area contributed by atoms with Crippen LogP contribution in [0.25, 0.3) is 0 Å². The van der Waals surface area contributed by atoms with Crippen molar-refractivity contribution in [3.05, 3.63) is 23.3 Å². The van der Waals surface area contributed by atoms with E-state index >= 15 is 0 Å². The van der Waals surface area contributed by atoms with Gasteiger partial charge in [0.2, 0.25) is 0 Å². The van der Waals surface area contributed by atoms with E-state index in [0.29, 0.717) is 0 Å². The quantitative estimate of drug-likeness (QED) is 0.533. The van der Waals surface area contributed by atoms with E-state index in [9.17, 15) is 0 Å². The van der Waals surface area contributed by atoms with Gasteiger partial charge in [-0.3, -0.25) is 0 Å². The van der Waals surface area contributed by atoms with Crippen LogP contribution in [0.4, 0.5) is 0 Å². The molecule has 3 rings (SSSR count). The van der Waals surface area contributed by atoms with Crippen LogP contribution in [0.3, 0.4) is 0 Å². The highest BCUT2D eigenvalue weighted by Crippen LogP contribution is 2.46. The lowest BCUT2D eigenvalue weighted by Gasteiger charge is -2.41. The van der Waals surface area contributed by atoms with Crippen molar-refractivity contribution in [2.24, 2.45) is 23.7 Å². The van der Waals surface area contributed by atoms with Gasteiger partial charge in [0.05, 0.1) is 0 Å². The predicted octanol–water partition coefficient (Wildman–Crippen LogP) is 3.80. The van der Waals surface area contributed by atoms with E-state index in [0.717, 1.165) is 23.7 Å². The van der Waals surface area contributed by atoms with E-state index in [1.54, 1.807) is 11.1 Å². The zero-order valence-electron chi connectivity index (χ0n) is 9.17. The molecule has 0 heteroatoms. The molecule has 0 radical (unpaired) electrons. The van der Waals surface area contributed by atoms with Crippen molar-refractivity contribution in [3.63, 3.8) is 0 Å². The van der Waals surface area contributed by atoms with Crippen LogP contribution < -0.4 is 0 Å². The molecule has 0 amide bonds. The summed E-state index contributed by atoms with van der Waals surface area (Å²) >= 11 is 0. The van der Waals surface area contributed by atoms with Gasteiger partial charge in [0.1, 0.15) is 0 Å². The third-order valence-electron chi connectivity index (χ3n) is 3.86. The topological polar surface area (TPSA) is 0 Å². The van der Waals surface area contributed by atoms with Crippen LogP contribution in [0.1, 0.15) is 34.1 Å². The van der Waals surface area contributed by atoms with Gasteiger partial charge in [-0.2, -0.15) is 0 Å². The summed E-state index contributed by atoms with van der Waals surface area (Å²) in [6.45, 7) is 9.32. The summed E-state index contributed by atoms with van der Waals surface area (Å²) in [6.07, 6.45) is 6.38. The van der Waals surface area contributed by atoms with Crippen LogP contribution in [-0.4, -0.2) is 0 Å². The second-order valence-corrected chi connectivity index (χ2v) is 5.10. The zero-order chi connectivity index (χ0) is 9.59. The van der Waals surface area contributed by atoms with Gasteiger partial charge in [-0.1, -0.05) is 37.1 Å². The molecule has 0 nitrogen and oxygen atoms in total. The fourth-order valence-electron chi connectivity index (χ4n) is 2.94. The van der Waals surface area contributed by atoms with Crippen molar-refractivity contribution in [2.75, 3.05) is 0 Å². The number of hydrogen-bond donors (Lipinski definition) is 0. The van der Waals surface area contributed by atoms with Gasteiger partial charge in [0, 0.05) is 5.92 Å². The molecule has 0 saturated carbocycles. The Morgan fingerprint density at radius 1 is 1.15 bits per heavy atom. The molecule has 3 aliphatic rings. The third kappa shape index (κ3) is 1.37. The first-order valence-corrected chi connectivity index (χ1v) is 5.46. The minimum atomic E-state index is 0.755. The minimum Gasteiger partial charge on any atom is -0.0778 e. The molecule has 1 unspecified atom stereocenters. The predicted molar refractivity (Wildman–Crippen MR) is 57.4 cm³/mol. The Labute approximate surface area is 81.7 Å². The van der Waals surface area contributed by atoms with Gasteiger partial charge < -0.3 is 0 Å². The standard InChI is InChI=1S/C13H20/c1-8(2)12-7-11-5-10(4)13(12)6-9(11)3/h5-6,8,11-13H,7H2,1-4H3/t11-,12?,13+/m0/s1. The summed E-state index contributed by atoms with van der Waals surface area (Å²) in [5.74, 6) is 3.25. The van der Waals surface area contributed by atoms with Crippen molar-refractivity contribution in [3.8, 4) is 0 Å². The Balaban J connectivity index is 2.30. The molecule has 3 aliphatic carbocycles. The summed E-state index contributed by atoms with van der Waals surface area (Å²) in [7, 11) is 0. The fraction of sp³-hybridized carbons (Fsp3) is 0.692. The largest absolute Gasteiger partial charge is 0.0778 e. The molecule has 2 bridgehead atoms. The van der Waals surface area contributed by atoms with Crippen molar-refractivity contribution in [1.82, 2.24) is 0 Å². The van der Waals surface area contributed by atoms with E-state index in [1.807, 2.05) is 0 Å². The van der Waals surface area contributed by atoms with Gasteiger partial charge in [-0.05, 0) is 38.0 Å². The lowest BCUT2D eigenvalue weighted by Crippen LogP contribution is -2.31. The van der Waals surface area contributed by atoms with Gasteiger partial charge in [-0.25, -0.2) is 0 Å². The number of rotatable bonds is 1. The minimum absolute atomic E-state index is 0.755. The van der Waals surface area contributed by atoms with Crippen LogP contribution in [-0.2, 0) is 0 Å². The Bertz CT molecular complexity index is 268. The van der Waals surface area contributed by atoms with Crippen LogP contribution in [0.2, 0.25) is 0 Å². The smallest absolute Gasteiger partial charge is 0.000802 e. The Hall–Kier alpha value is -0.520. The molecular weight excluding hydrogens is 156 g/mol. The third-order valence-corrected chi connectivity index (χ3v) is 3.86. The van der Waals surface area contributed by atoms with Crippen molar-refractivity contribution < 1.29 is 0 Å². The SMILES string of the molecule is CC1=C[C@H]2CC(C(C)C)[C@@H]1C=C2C. The maximum absolute atomic E-state index is 2.51. The Morgan fingerprint density at radius 2 is 1.85 bits per heavy atom. The van der Waals surface area contributed by atoms with Crippen LogP contribution in [0, 0.1) is 23.7 Å². The van der Waals surface area contributed by atoms with Gasteiger partial charge in [0.25, 0.3) is 0 Å². The maximum Gasteiger partial charge on any atom is 0.000802 e. The molecular formula is C13H20. The van der Waals surface area contributed by atoms with E-state index < -0.39 is 0 Å². The van der Waals surface area contributed by atoms with Crippen molar-refractivity contribution in [2.45, 2.75) is 34.1 Å². The molecule has 0 aliphatic heterocycles. The van der Waals surface area contributed by atoms with Gasteiger partial charge >= 0.3 is 0 Å². The van der Waals surface area contributed by atoms with Gasteiger partial charge in [-0.15, -0.1) is 0 Å². The molecule has 0 aromatic heterocycles. The molecule has 72 valence electrons. The number of fused-ring (bicyclic) bond motifs is 1. The highest BCUT2D eigenvalue weighted by atomic mass is 14.4. The molecule has 13 heavy (non-hydrogen) atoms. The molecule has 0 spiro atoms. The average Bonchev–Trinajstić information content (AvgIpc) is 2.06. The normalized spacial score (nSPS) is 37.8. The zero-order valence-corrected chi connectivity index (χ0v) is 9.17. The van der Waals surface area contributed by atoms with E-state index in [-0.39, 0.29) is 0 Å². The summed E-state index contributed by atoms with van der Waals surface area (Å²) in [4.78, 5) is 0. The molecule has 0 fully saturated rings. The molecule has 0 saturated heterocycles. The highest BCUT2D eigenvalue weighted by Gasteiger charge is 2.35. The lowest BCUT2D eigenvalue weighted by atomic mass is 9.64. The number of allylic oxidation sites excluding steroid dienone is 4. The Kier molecular flexibility index (Phi) is 2.09. The first-order chi connectivity index (χ1) is 6.09. The summed E-state index contributed by atoms with van der Waals surface area (Å²) in [6, 6.07) is 0. The summed E-state index contributed by atoms with van der Waals surface area (Å²) < 4.78 is 0. The van der Waals surface area contributed by atoms with Gasteiger partial charge in [0.15, 0.2) is 0 Å². The maximum atomic E-state index is 2.51. The van der Waals surface area contributed by atoms with E-state index in [1.165, 1.54) is 6.42 Å². The first-order valence-electron chi connectivity index (χ1n) is 5.46. The molecule has 0 aromatic carbocycles. The molecule has 3 atom stereocenters. The fourth-order valence-corrected chi connectivity index (χ4v) is 2.94. The highest BCUT2D eigenvalue weighted by molar-refractivity contribution is 5.31. The average molecular weight is 176 g/mol. The first kappa shape index (κ1) is 9.05. The summed E-state index contributed by atoms with van der Waals surface area (Å²) in [5.41, 5.74) is 3.22. The lowest BCUT2D eigenvalue weighted by molar-refractivity contribution is 0.249. The second-order valence-electron chi connectivity index (χ2n) is 5.10. The second kappa shape index (κ2) is 3.01. The van der Waals surface area contributed by atoms with Crippen LogP contribution in [0.5, 0.6) is 0 Å². The van der Waals surface area contributed by atoms with E-state index in [4.69, 9.17) is 0 Å². The molecule has 0 aromatic rings. The van der Waals surface area contributed by atoms with Crippen molar-refractivity contribution >= 4 is 0 Å². The van der Waals surface area contributed by atoms with Crippen LogP contribution in [0.15, 0.2) is 23.3 Å². The molecule has 0 N–H and O–H groups in total. The van der Waals surface area contributed by atoms with Crippen molar-refractivity contribution in [1.29, 1.82) is 0 Å².